The summed E-state index contributed by atoms with van der Waals surface area (Å²) in [5, 5.41) is 28.2. The van der Waals surface area contributed by atoms with E-state index in [2.05, 4.69) is 23.3 Å². The Bertz CT molecular complexity index is 997. The van der Waals surface area contributed by atoms with Gasteiger partial charge in [-0.3, -0.25) is 9.59 Å². The second-order valence-corrected chi connectivity index (χ2v) is 12.0. The minimum absolute atomic E-state index is 0.114. The monoisotopic (exact) mass is 504 g/mol. The molecule has 8 heteroatoms. The highest BCUT2D eigenvalue weighted by molar-refractivity contribution is 7.09. The molecule has 3 heterocycles. The van der Waals surface area contributed by atoms with Crippen molar-refractivity contribution in [1.29, 1.82) is 0 Å². The van der Waals surface area contributed by atoms with Gasteiger partial charge in [-0.1, -0.05) is 39.3 Å². The smallest absolute Gasteiger partial charge is 0.309 e. The van der Waals surface area contributed by atoms with Crippen LogP contribution in [-0.2, 0) is 14.3 Å². The summed E-state index contributed by atoms with van der Waals surface area (Å²) >= 11 is 1.56. The van der Waals surface area contributed by atoms with Crippen molar-refractivity contribution in [2.45, 2.75) is 98.1 Å². The highest BCUT2D eigenvalue weighted by atomic mass is 32.1. The van der Waals surface area contributed by atoms with Crippen molar-refractivity contribution in [2.75, 3.05) is 0 Å². The molecule has 3 N–H and O–H groups in total. The zero-order valence-electron chi connectivity index (χ0n) is 21.9. The van der Waals surface area contributed by atoms with Gasteiger partial charge in [-0.05, 0) is 44.8 Å². The maximum Gasteiger partial charge on any atom is 0.309 e. The number of hydrogen-bond donors (Lipinski definition) is 3. The van der Waals surface area contributed by atoms with Gasteiger partial charge in [-0.25, -0.2) is 4.98 Å². The van der Waals surface area contributed by atoms with E-state index >= 15 is 0 Å². The molecular formula is C27H40N2O5S. The third kappa shape index (κ3) is 6.67. The maximum atomic E-state index is 13.3. The van der Waals surface area contributed by atoms with Gasteiger partial charge in [0.1, 0.15) is 11.9 Å². The topological polar surface area (TPSA) is 119 Å². The van der Waals surface area contributed by atoms with Gasteiger partial charge in [0.15, 0.2) is 0 Å². The van der Waals surface area contributed by atoms with E-state index in [0.717, 1.165) is 22.7 Å². The molecular weight excluding hydrogens is 464 g/mol. The zero-order chi connectivity index (χ0) is 26.1. The molecule has 0 spiro atoms. The van der Waals surface area contributed by atoms with Gasteiger partial charge >= 0.3 is 5.97 Å². The first kappa shape index (κ1) is 27.7. The number of nitrogens with zero attached hydrogens (tertiary/aromatic N) is 1. The number of cyclic esters (lactones) is 1. The van der Waals surface area contributed by atoms with Crippen LogP contribution >= 0.6 is 11.3 Å². The van der Waals surface area contributed by atoms with Crippen LogP contribution in [0.4, 0.5) is 0 Å². The predicted molar refractivity (Wildman–Crippen MR) is 138 cm³/mol. The number of carbonyl (C=O) groups excluding carboxylic acids is 2. The van der Waals surface area contributed by atoms with Crippen molar-refractivity contribution in [1.82, 2.24) is 10.3 Å². The number of aliphatic hydroxyl groups excluding tert-OH is 2. The first-order valence-corrected chi connectivity index (χ1v) is 13.3. The second kappa shape index (κ2) is 11.0. The Labute approximate surface area is 212 Å². The number of thiazole rings is 1. The fourth-order valence-electron chi connectivity index (χ4n) is 4.93. The van der Waals surface area contributed by atoms with Crippen LogP contribution in [-0.4, -0.2) is 57.3 Å². The van der Waals surface area contributed by atoms with Crippen molar-refractivity contribution in [3.63, 3.8) is 0 Å². The third-order valence-corrected chi connectivity index (χ3v) is 8.40. The lowest BCUT2D eigenvalue weighted by Gasteiger charge is -2.34. The number of Topliss-reactive ketones (excluding diaryl/α,β-unsaturated/α-hetero) is 1. The largest absolute Gasteiger partial charge is 0.457 e. The molecule has 0 amide bonds. The summed E-state index contributed by atoms with van der Waals surface area (Å²) in [5.41, 5.74) is 1.66. The van der Waals surface area contributed by atoms with Gasteiger partial charge in [0.05, 0.1) is 34.7 Å². The van der Waals surface area contributed by atoms with E-state index in [1.807, 2.05) is 32.2 Å². The average Bonchev–Trinajstić information content (AvgIpc) is 3.43. The fourth-order valence-corrected chi connectivity index (χ4v) is 5.50. The highest BCUT2D eigenvalue weighted by Gasteiger charge is 2.47. The normalized spacial score (nSPS) is 36.7. The van der Waals surface area contributed by atoms with Gasteiger partial charge in [0, 0.05) is 29.8 Å². The minimum atomic E-state index is -1.23. The molecule has 1 saturated heterocycles. The van der Waals surface area contributed by atoms with E-state index in [1.54, 1.807) is 32.1 Å². The molecule has 2 unspecified atom stereocenters. The van der Waals surface area contributed by atoms with Gasteiger partial charge in [-0.2, -0.15) is 0 Å². The Kier molecular flexibility index (Phi) is 8.73. The Morgan fingerprint density at radius 3 is 2.54 bits per heavy atom. The summed E-state index contributed by atoms with van der Waals surface area (Å²) in [4.78, 5) is 30.6. The molecule has 7 atom stereocenters. The number of hydrogen-bond acceptors (Lipinski definition) is 8. The maximum absolute atomic E-state index is 13.3. The first-order chi connectivity index (χ1) is 16.3. The fraction of sp³-hybridized carbons (Fsp3) is 0.667. The highest BCUT2D eigenvalue weighted by Crippen LogP contribution is 2.35. The molecule has 35 heavy (non-hydrogen) atoms. The van der Waals surface area contributed by atoms with Crippen LogP contribution in [0.3, 0.4) is 0 Å². The molecule has 1 aromatic heterocycles. The van der Waals surface area contributed by atoms with E-state index in [0.29, 0.717) is 6.42 Å². The van der Waals surface area contributed by atoms with Crippen molar-refractivity contribution < 1.29 is 24.5 Å². The molecule has 0 aromatic carbocycles. The molecule has 2 aliphatic heterocycles. The van der Waals surface area contributed by atoms with Gasteiger partial charge in [0.25, 0.3) is 0 Å². The van der Waals surface area contributed by atoms with Crippen LogP contribution in [0.5, 0.6) is 0 Å². The van der Waals surface area contributed by atoms with Crippen LogP contribution in [0.15, 0.2) is 22.6 Å². The summed E-state index contributed by atoms with van der Waals surface area (Å²) in [6.07, 6.45) is 2.49. The number of carbonyl (C=O) groups is 2. The molecule has 0 aliphatic carbocycles. The predicted octanol–water partition coefficient (Wildman–Crippen LogP) is 3.83. The van der Waals surface area contributed by atoms with E-state index in [4.69, 9.17) is 4.74 Å². The number of rotatable bonds is 2. The van der Waals surface area contributed by atoms with E-state index < -0.39 is 35.6 Å². The van der Waals surface area contributed by atoms with E-state index in [1.165, 1.54) is 5.57 Å². The lowest BCUT2D eigenvalue weighted by molar-refractivity contribution is -0.154. The van der Waals surface area contributed by atoms with Crippen molar-refractivity contribution in [3.8, 4) is 0 Å². The van der Waals surface area contributed by atoms with Crippen LogP contribution in [0.1, 0.15) is 71.5 Å². The number of fused-ring (bicyclic) bond motifs is 1. The van der Waals surface area contributed by atoms with Crippen LogP contribution in [0.2, 0.25) is 0 Å². The number of nitrogens with one attached hydrogen (secondary N) is 1. The molecule has 1 fully saturated rings. The second-order valence-electron chi connectivity index (χ2n) is 10.9. The SMILES string of the molecule is C/C1=C/C[C@@H](/C(C)=C/c2csc(C)n2)OC(=O)C[C@H](O)C(C)(C)C(=O)[C@H](C)[C@@H](O)[C@@H](C)C2NC2C1. The minimum Gasteiger partial charge on any atom is -0.457 e. The molecule has 0 radical (unpaired) electrons. The summed E-state index contributed by atoms with van der Waals surface area (Å²) in [6, 6.07) is 0.369. The van der Waals surface area contributed by atoms with Gasteiger partial charge in [0.2, 0.25) is 0 Å². The average molecular weight is 505 g/mol. The Morgan fingerprint density at radius 2 is 1.91 bits per heavy atom. The van der Waals surface area contributed by atoms with E-state index in [9.17, 15) is 19.8 Å². The third-order valence-electron chi connectivity index (χ3n) is 7.61. The molecule has 1 aromatic rings. The molecule has 194 valence electrons. The number of ether oxygens (including phenoxy) is 1. The number of aryl methyl sites for hydroxylation is 1. The lowest BCUT2D eigenvalue weighted by Crippen LogP contribution is -2.46. The van der Waals surface area contributed by atoms with Gasteiger partial charge in [-0.15, -0.1) is 11.3 Å². The molecule has 3 rings (SSSR count). The molecule has 0 saturated carbocycles. The molecule has 2 aliphatic rings. The summed E-state index contributed by atoms with van der Waals surface area (Å²) in [7, 11) is 0. The Morgan fingerprint density at radius 1 is 1.23 bits per heavy atom. The van der Waals surface area contributed by atoms with E-state index in [-0.39, 0.29) is 30.2 Å². The van der Waals surface area contributed by atoms with Crippen molar-refractivity contribution >= 4 is 29.2 Å². The number of esters is 1. The summed E-state index contributed by atoms with van der Waals surface area (Å²) in [6.45, 7) is 12.8. The first-order valence-electron chi connectivity index (χ1n) is 12.4. The molecule has 7 nitrogen and oxygen atoms in total. The quantitative estimate of drug-likeness (QED) is 0.318. The zero-order valence-corrected chi connectivity index (χ0v) is 22.7. The standard InChI is InChI=1S/C27H40N2O5S/c1-14-8-9-21(15(2)11-19-13-35-18(5)28-19)34-23(31)12-22(30)27(6,7)26(33)17(4)25(32)16(3)24-20(10-14)29-24/h8,11,13,16-17,20-22,24-25,29-30,32H,9-10,12H2,1-7H3/b14-8-,15-11+/t16-,17+,20?,21-,22-,24?,25-/m0/s1. The Hall–Kier alpha value is -1.87. The number of aromatic nitrogens is 1. The van der Waals surface area contributed by atoms with Crippen LogP contribution in [0, 0.1) is 24.2 Å². The van der Waals surface area contributed by atoms with Crippen LogP contribution < -0.4 is 5.32 Å². The van der Waals surface area contributed by atoms with Crippen molar-refractivity contribution in [2.24, 2.45) is 17.3 Å². The lowest BCUT2D eigenvalue weighted by atomic mass is 9.73. The number of aliphatic hydroxyl groups is 2. The van der Waals surface area contributed by atoms with Gasteiger partial charge < -0.3 is 20.3 Å². The summed E-state index contributed by atoms with van der Waals surface area (Å²) < 4.78 is 5.83. The van der Waals surface area contributed by atoms with Crippen molar-refractivity contribution in [3.05, 3.63) is 33.3 Å². The molecule has 0 bridgehead atoms. The number of ketones is 1. The Balaban J connectivity index is 1.89. The van der Waals surface area contributed by atoms with Crippen LogP contribution in [0.25, 0.3) is 6.08 Å². The summed E-state index contributed by atoms with van der Waals surface area (Å²) in [5.74, 6) is -1.60.